The first kappa shape index (κ1) is 13.1. The molecule has 104 valence electrons. The van der Waals surface area contributed by atoms with Crippen LogP contribution in [-0.2, 0) is 27.1 Å². The van der Waals surface area contributed by atoms with Gasteiger partial charge in [0, 0.05) is 22.8 Å². The van der Waals surface area contributed by atoms with Crippen LogP contribution in [-0.4, -0.2) is 19.9 Å². The monoisotopic (exact) mass is 289 g/mol. The molecule has 2 aromatic rings. The molecule has 1 aliphatic rings. The molecule has 0 bridgehead atoms. The van der Waals surface area contributed by atoms with E-state index in [-0.39, 0.29) is 5.91 Å². The molecule has 1 aliphatic heterocycles. The Hall–Kier alpha value is -1.95. The predicted octanol–water partition coefficient (Wildman–Crippen LogP) is 1.98. The Morgan fingerprint density at radius 1 is 1.35 bits per heavy atom. The second kappa shape index (κ2) is 5.20. The van der Waals surface area contributed by atoms with Crippen LogP contribution in [0.3, 0.4) is 0 Å². The highest BCUT2D eigenvalue weighted by Gasteiger charge is 2.27. The van der Waals surface area contributed by atoms with Crippen molar-refractivity contribution in [3.8, 4) is 5.69 Å². The van der Waals surface area contributed by atoms with Crippen molar-refractivity contribution in [3.63, 3.8) is 0 Å². The molecule has 0 aliphatic carbocycles. The summed E-state index contributed by atoms with van der Waals surface area (Å²) < 4.78 is 13.4. The average molecular weight is 289 g/mol. The highest BCUT2D eigenvalue weighted by molar-refractivity contribution is 7.83. The first-order chi connectivity index (χ1) is 9.69. The molecule has 0 radical (unpaired) electrons. The van der Waals surface area contributed by atoms with Crippen LogP contribution in [0.15, 0.2) is 30.3 Å². The third kappa shape index (κ3) is 2.27. The predicted molar refractivity (Wildman–Crippen MR) is 78.0 cm³/mol. The van der Waals surface area contributed by atoms with Crippen LogP contribution >= 0.6 is 0 Å². The Morgan fingerprint density at radius 3 is 2.80 bits per heavy atom. The number of nitrogens with one attached hydrogen (secondary N) is 1. The highest BCUT2D eigenvalue weighted by Crippen LogP contribution is 2.31. The molecule has 0 saturated heterocycles. The van der Waals surface area contributed by atoms with Crippen molar-refractivity contribution in [3.05, 3.63) is 41.6 Å². The fourth-order valence-corrected chi connectivity index (χ4v) is 3.50. The van der Waals surface area contributed by atoms with Gasteiger partial charge in [0.15, 0.2) is 0 Å². The summed E-state index contributed by atoms with van der Waals surface area (Å²) in [6.07, 6.45) is 0.401. The highest BCUT2D eigenvalue weighted by atomic mass is 32.2. The fourth-order valence-electron chi connectivity index (χ4n) is 2.23. The van der Waals surface area contributed by atoms with Crippen molar-refractivity contribution >= 4 is 22.5 Å². The Balaban J connectivity index is 2.09. The molecule has 2 heterocycles. The van der Waals surface area contributed by atoms with E-state index < -0.39 is 10.8 Å². The second-order valence-electron chi connectivity index (χ2n) is 4.65. The van der Waals surface area contributed by atoms with Crippen molar-refractivity contribution in [2.45, 2.75) is 24.9 Å². The van der Waals surface area contributed by atoms with Gasteiger partial charge in [-0.1, -0.05) is 25.1 Å². The molecular weight excluding hydrogens is 274 g/mol. The molecule has 0 spiro atoms. The van der Waals surface area contributed by atoms with E-state index >= 15 is 0 Å². The largest absolute Gasteiger partial charge is 0.310 e. The van der Waals surface area contributed by atoms with Crippen molar-refractivity contribution in [1.82, 2.24) is 9.78 Å². The quantitative estimate of drug-likeness (QED) is 0.939. The lowest BCUT2D eigenvalue weighted by atomic mass is 10.2. The maximum absolute atomic E-state index is 11.7. The van der Waals surface area contributed by atoms with Crippen LogP contribution in [0.4, 0.5) is 5.82 Å². The number of nitrogens with zero attached hydrogens (tertiary/aromatic N) is 2. The number of hydrogen-bond donors (Lipinski definition) is 1. The van der Waals surface area contributed by atoms with Gasteiger partial charge in [0.1, 0.15) is 5.82 Å². The second-order valence-corrected chi connectivity index (χ2v) is 6.11. The Bertz CT molecular complexity index is 679. The lowest BCUT2D eigenvalue weighted by molar-refractivity contribution is -0.115. The Morgan fingerprint density at radius 2 is 2.10 bits per heavy atom. The third-order valence-corrected chi connectivity index (χ3v) is 4.46. The molecule has 0 fully saturated rings. The van der Waals surface area contributed by atoms with Crippen molar-refractivity contribution in [2.75, 3.05) is 5.32 Å². The number of carbonyl (C=O) groups is 1. The van der Waals surface area contributed by atoms with Gasteiger partial charge < -0.3 is 5.32 Å². The number of rotatable bonds is 3. The summed E-state index contributed by atoms with van der Waals surface area (Å²) >= 11 is 0. The topological polar surface area (TPSA) is 64.0 Å². The normalized spacial score (nSPS) is 16.9. The number of anilines is 1. The first-order valence-corrected chi connectivity index (χ1v) is 7.99. The van der Waals surface area contributed by atoms with Gasteiger partial charge in [-0.2, -0.15) is 5.10 Å². The molecule has 5 nitrogen and oxygen atoms in total. The van der Waals surface area contributed by atoms with Gasteiger partial charge in [-0.15, -0.1) is 0 Å². The van der Waals surface area contributed by atoms with Crippen LogP contribution in [0.1, 0.15) is 24.6 Å². The van der Waals surface area contributed by atoms with E-state index in [0.717, 1.165) is 16.9 Å². The summed E-state index contributed by atoms with van der Waals surface area (Å²) in [5, 5.41) is 7.39. The minimum absolute atomic E-state index is 0.0671. The molecule has 1 unspecified atom stereocenters. The van der Waals surface area contributed by atoms with Gasteiger partial charge in [-0.25, -0.2) is 4.68 Å². The first-order valence-electron chi connectivity index (χ1n) is 6.50. The molecule has 0 saturated carbocycles. The van der Waals surface area contributed by atoms with E-state index in [4.69, 9.17) is 0 Å². The minimum Gasteiger partial charge on any atom is -0.310 e. The van der Waals surface area contributed by atoms with Gasteiger partial charge in [0.2, 0.25) is 5.91 Å². The zero-order valence-corrected chi connectivity index (χ0v) is 11.9. The summed E-state index contributed by atoms with van der Waals surface area (Å²) in [5.74, 6) is 1.51. The van der Waals surface area contributed by atoms with E-state index in [1.165, 1.54) is 0 Å². The number of para-hydroxylation sites is 1. The average Bonchev–Trinajstić information content (AvgIpc) is 2.97. The molecule has 20 heavy (non-hydrogen) atoms. The minimum atomic E-state index is -0.907. The van der Waals surface area contributed by atoms with Gasteiger partial charge >= 0.3 is 0 Å². The van der Waals surface area contributed by atoms with Crippen LogP contribution < -0.4 is 5.32 Å². The Kier molecular flexibility index (Phi) is 3.40. The molecule has 1 amide bonds. The van der Waals surface area contributed by atoms with Gasteiger partial charge in [0.25, 0.3) is 0 Å². The van der Waals surface area contributed by atoms with Gasteiger partial charge in [0.05, 0.1) is 22.9 Å². The van der Waals surface area contributed by atoms with Crippen LogP contribution in [0.5, 0.6) is 0 Å². The van der Waals surface area contributed by atoms with Crippen molar-refractivity contribution in [2.24, 2.45) is 0 Å². The summed E-state index contributed by atoms with van der Waals surface area (Å²) in [5.41, 5.74) is 2.60. The molecule has 3 rings (SSSR count). The molecular formula is C14H15N3O2S. The van der Waals surface area contributed by atoms with E-state index in [1.54, 1.807) is 11.6 Å². The zero-order chi connectivity index (χ0) is 14.1. The van der Waals surface area contributed by atoms with Crippen molar-refractivity contribution < 1.29 is 9.00 Å². The molecule has 1 aromatic heterocycles. The number of benzene rings is 1. The van der Waals surface area contributed by atoms with Crippen LogP contribution in [0, 0.1) is 0 Å². The summed E-state index contributed by atoms with van der Waals surface area (Å²) in [6, 6.07) is 9.64. The number of hydrogen-bond acceptors (Lipinski definition) is 3. The van der Waals surface area contributed by atoms with E-state index in [0.29, 0.717) is 23.7 Å². The smallest absolute Gasteiger partial charge is 0.225 e. The Labute approximate surface area is 119 Å². The SMILES string of the molecule is CCC(=O)Nc1c2c(nn1-c1ccccc1)CS(=O)C2. The third-order valence-electron chi connectivity index (χ3n) is 3.25. The number of fused-ring (bicyclic) bond motifs is 1. The van der Waals surface area contributed by atoms with Crippen molar-refractivity contribution in [1.29, 1.82) is 0 Å². The molecule has 1 atom stereocenters. The fraction of sp³-hybridized carbons (Fsp3) is 0.286. The van der Waals surface area contributed by atoms with Gasteiger partial charge in [-0.3, -0.25) is 9.00 Å². The summed E-state index contributed by atoms with van der Waals surface area (Å²) in [7, 11) is -0.907. The number of aromatic nitrogens is 2. The molecule has 1 N–H and O–H groups in total. The van der Waals surface area contributed by atoms with Crippen LogP contribution in [0.25, 0.3) is 5.69 Å². The maximum Gasteiger partial charge on any atom is 0.225 e. The maximum atomic E-state index is 11.7. The van der Waals surface area contributed by atoms with Crippen LogP contribution in [0.2, 0.25) is 0 Å². The summed E-state index contributed by atoms with van der Waals surface area (Å²) in [6.45, 7) is 1.80. The molecule has 6 heteroatoms. The lowest BCUT2D eigenvalue weighted by Crippen LogP contribution is -2.15. The summed E-state index contributed by atoms with van der Waals surface area (Å²) in [4.78, 5) is 11.7. The number of carbonyl (C=O) groups excluding carboxylic acids is 1. The standard InChI is InChI=1S/C14H15N3O2S/c1-2-13(18)15-14-11-8-20(19)9-12(11)16-17(14)10-6-4-3-5-7-10/h3-7H,2,8-9H2,1H3,(H,15,18). The zero-order valence-electron chi connectivity index (χ0n) is 11.1. The van der Waals surface area contributed by atoms with E-state index in [1.807, 2.05) is 30.3 Å². The lowest BCUT2D eigenvalue weighted by Gasteiger charge is -2.10. The van der Waals surface area contributed by atoms with Gasteiger partial charge in [-0.05, 0) is 12.1 Å². The number of amides is 1. The van der Waals surface area contributed by atoms with E-state index in [9.17, 15) is 9.00 Å². The molecule has 1 aromatic carbocycles. The van der Waals surface area contributed by atoms with E-state index in [2.05, 4.69) is 10.4 Å².